The average Bonchev–Trinajstić information content (AvgIpc) is 2.42. The molecule has 0 fully saturated rings. The number of nitrogens with two attached hydrogens (primary N) is 1. The van der Waals surface area contributed by atoms with E-state index >= 15 is 0 Å². The third-order valence-electron chi connectivity index (χ3n) is 2.73. The van der Waals surface area contributed by atoms with Crippen molar-refractivity contribution in [1.29, 1.82) is 0 Å². The van der Waals surface area contributed by atoms with Gasteiger partial charge in [0, 0.05) is 6.07 Å². The fourth-order valence-electron chi connectivity index (χ4n) is 1.73. The van der Waals surface area contributed by atoms with Crippen LogP contribution in [-0.2, 0) is 0 Å². The van der Waals surface area contributed by atoms with Crippen molar-refractivity contribution in [1.82, 2.24) is 0 Å². The van der Waals surface area contributed by atoms with Gasteiger partial charge in [-0.3, -0.25) is 0 Å². The first-order chi connectivity index (χ1) is 9.61. The number of anilines is 3. The molecule has 3 nitrogen and oxygen atoms in total. The minimum absolute atomic E-state index is 0.158. The van der Waals surface area contributed by atoms with Gasteiger partial charge in [0.05, 0.1) is 23.7 Å². The van der Waals surface area contributed by atoms with Crippen molar-refractivity contribution in [2.45, 2.75) is 13.3 Å². The van der Waals surface area contributed by atoms with E-state index in [0.717, 1.165) is 12.5 Å². The summed E-state index contributed by atoms with van der Waals surface area (Å²) in [5, 5.41) is 2.84. The monoisotopic (exact) mass is 278 g/mol. The lowest BCUT2D eigenvalue weighted by atomic mass is 10.2. The second-order valence-corrected chi connectivity index (χ2v) is 4.32. The maximum atomic E-state index is 13.6. The summed E-state index contributed by atoms with van der Waals surface area (Å²) in [5.41, 5.74) is 7.04. The fourth-order valence-corrected chi connectivity index (χ4v) is 1.73. The lowest BCUT2D eigenvalue weighted by molar-refractivity contribution is 0.319. The Morgan fingerprint density at radius 3 is 2.65 bits per heavy atom. The molecule has 3 N–H and O–H groups in total. The van der Waals surface area contributed by atoms with Crippen molar-refractivity contribution in [3.63, 3.8) is 0 Å². The Morgan fingerprint density at radius 2 is 1.95 bits per heavy atom. The van der Waals surface area contributed by atoms with Gasteiger partial charge in [0.2, 0.25) is 0 Å². The predicted octanol–water partition coefficient (Wildman–Crippen LogP) is 4.08. The van der Waals surface area contributed by atoms with Crippen LogP contribution in [0.5, 0.6) is 5.75 Å². The Kier molecular flexibility index (Phi) is 4.40. The van der Waals surface area contributed by atoms with E-state index in [-0.39, 0.29) is 5.69 Å². The summed E-state index contributed by atoms with van der Waals surface area (Å²) in [5.74, 6) is -0.760. The van der Waals surface area contributed by atoms with Crippen molar-refractivity contribution in [3.05, 3.63) is 48.0 Å². The number of hydrogen-bond acceptors (Lipinski definition) is 3. The van der Waals surface area contributed by atoms with Crippen LogP contribution in [0.2, 0.25) is 0 Å². The Hall–Kier alpha value is -2.30. The summed E-state index contributed by atoms with van der Waals surface area (Å²) in [6.45, 7) is 2.55. The van der Waals surface area contributed by atoms with Gasteiger partial charge in [-0.1, -0.05) is 13.0 Å². The van der Waals surface area contributed by atoms with Crippen molar-refractivity contribution in [2.75, 3.05) is 17.7 Å². The molecule has 0 aliphatic carbocycles. The zero-order valence-corrected chi connectivity index (χ0v) is 11.1. The van der Waals surface area contributed by atoms with Crippen LogP contribution >= 0.6 is 0 Å². The van der Waals surface area contributed by atoms with Gasteiger partial charge in [-0.2, -0.15) is 0 Å². The highest BCUT2D eigenvalue weighted by Gasteiger charge is 2.09. The van der Waals surface area contributed by atoms with E-state index in [4.69, 9.17) is 10.5 Å². The lowest BCUT2D eigenvalue weighted by Crippen LogP contribution is -2.03. The Balaban J connectivity index is 2.24. The average molecular weight is 278 g/mol. The van der Waals surface area contributed by atoms with Crippen LogP contribution in [0.4, 0.5) is 25.8 Å². The van der Waals surface area contributed by atoms with E-state index in [9.17, 15) is 8.78 Å². The number of hydrogen-bond donors (Lipinski definition) is 2. The molecule has 0 aliphatic heterocycles. The summed E-state index contributed by atoms with van der Waals surface area (Å²) in [6.07, 6.45) is 0.865. The largest absolute Gasteiger partial charge is 0.491 e. The van der Waals surface area contributed by atoms with Crippen molar-refractivity contribution >= 4 is 17.1 Å². The quantitative estimate of drug-likeness (QED) is 0.810. The van der Waals surface area contributed by atoms with Gasteiger partial charge in [-0.05, 0) is 30.7 Å². The number of para-hydroxylation sites is 1. The van der Waals surface area contributed by atoms with Crippen molar-refractivity contribution in [2.24, 2.45) is 0 Å². The molecule has 0 saturated carbocycles. The third-order valence-corrected chi connectivity index (χ3v) is 2.73. The molecule has 0 unspecified atom stereocenters. The van der Waals surface area contributed by atoms with E-state index in [0.29, 0.717) is 23.7 Å². The highest BCUT2D eigenvalue weighted by Crippen LogP contribution is 2.32. The van der Waals surface area contributed by atoms with Crippen LogP contribution in [0, 0.1) is 11.6 Å². The second kappa shape index (κ2) is 6.23. The van der Waals surface area contributed by atoms with Gasteiger partial charge in [-0.25, -0.2) is 8.78 Å². The molecule has 2 aromatic rings. The number of nitrogens with one attached hydrogen (secondary N) is 1. The third kappa shape index (κ3) is 3.17. The molecule has 0 radical (unpaired) electrons. The first-order valence-electron chi connectivity index (χ1n) is 6.35. The summed E-state index contributed by atoms with van der Waals surface area (Å²) >= 11 is 0. The standard InChI is InChI=1S/C15H16F2N2O/c1-2-8-20-14-5-3-4-13(15(14)18)19-12-7-6-10(16)9-11(12)17/h3-7,9,19H,2,8,18H2,1H3. The first-order valence-corrected chi connectivity index (χ1v) is 6.35. The lowest BCUT2D eigenvalue weighted by Gasteiger charge is -2.14. The molecule has 2 rings (SSSR count). The van der Waals surface area contributed by atoms with Gasteiger partial charge >= 0.3 is 0 Å². The maximum Gasteiger partial charge on any atom is 0.149 e. The van der Waals surface area contributed by atoms with E-state index < -0.39 is 11.6 Å². The zero-order valence-electron chi connectivity index (χ0n) is 11.1. The molecule has 0 heterocycles. The van der Waals surface area contributed by atoms with Gasteiger partial charge in [0.15, 0.2) is 0 Å². The van der Waals surface area contributed by atoms with Gasteiger partial charge < -0.3 is 15.8 Å². The highest BCUT2D eigenvalue weighted by atomic mass is 19.1. The van der Waals surface area contributed by atoms with Crippen molar-refractivity contribution < 1.29 is 13.5 Å². The molecule has 0 atom stereocenters. The topological polar surface area (TPSA) is 47.3 Å². The van der Waals surface area contributed by atoms with Crippen LogP contribution < -0.4 is 15.8 Å². The normalized spacial score (nSPS) is 10.3. The summed E-state index contributed by atoms with van der Waals surface area (Å²) in [6, 6.07) is 8.53. The molecular weight excluding hydrogens is 262 g/mol. The van der Waals surface area contributed by atoms with Crippen LogP contribution in [0.1, 0.15) is 13.3 Å². The molecule has 106 valence electrons. The zero-order chi connectivity index (χ0) is 14.5. The molecular formula is C15H16F2N2O. The Morgan fingerprint density at radius 1 is 1.15 bits per heavy atom. The van der Waals surface area contributed by atoms with Crippen molar-refractivity contribution in [3.8, 4) is 5.75 Å². The SMILES string of the molecule is CCCOc1cccc(Nc2ccc(F)cc2F)c1N. The van der Waals surface area contributed by atoms with Gasteiger partial charge in [0.25, 0.3) is 0 Å². The molecule has 0 amide bonds. The molecule has 0 saturated heterocycles. The van der Waals surface area contributed by atoms with Crippen LogP contribution in [-0.4, -0.2) is 6.61 Å². The van der Waals surface area contributed by atoms with Crippen LogP contribution in [0.25, 0.3) is 0 Å². The van der Waals surface area contributed by atoms with E-state index in [1.54, 1.807) is 18.2 Å². The Labute approximate surface area is 116 Å². The molecule has 0 bridgehead atoms. The van der Waals surface area contributed by atoms with E-state index in [2.05, 4.69) is 5.32 Å². The number of rotatable bonds is 5. The number of nitrogen functional groups attached to an aromatic ring is 1. The molecule has 0 aliphatic rings. The van der Waals surface area contributed by atoms with Gasteiger partial charge in [-0.15, -0.1) is 0 Å². The minimum Gasteiger partial charge on any atom is -0.491 e. The number of benzene rings is 2. The number of ether oxygens (including phenoxy) is 1. The smallest absolute Gasteiger partial charge is 0.149 e. The highest BCUT2D eigenvalue weighted by molar-refractivity contribution is 5.77. The first kappa shape index (κ1) is 14.1. The second-order valence-electron chi connectivity index (χ2n) is 4.32. The molecule has 5 heteroatoms. The minimum atomic E-state index is -0.677. The summed E-state index contributed by atoms with van der Waals surface area (Å²) < 4.78 is 31.9. The van der Waals surface area contributed by atoms with Crippen LogP contribution in [0.3, 0.4) is 0 Å². The predicted molar refractivity (Wildman–Crippen MR) is 76.3 cm³/mol. The molecule has 0 aromatic heterocycles. The van der Waals surface area contributed by atoms with Gasteiger partial charge in [0.1, 0.15) is 17.4 Å². The molecule has 2 aromatic carbocycles. The van der Waals surface area contributed by atoms with E-state index in [1.165, 1.54) is 12.1 Å². The summed E-state index contributed by atoms with van der Waals surface area (Å²) in [4.78, 5) is 0. The maximum absolute atomic E-state index is 13.6. The summed E-state index contributed by atoms with van der Waals surface area (Å²) in [7, 11) is 0. The fraction of sp³-hybridized carbons (Fsp3) is 0.200. The number of halogens is 2. The Bertz CT molecular complexity index is 602. The van der Waals surface area contributed by atoms with E-state index in [1.807, 2.05) is 6.92 Å². The molecule has 0 spiro atoms. The van der Waals surface area contributed by atoms with Crippen LogP contribution in [0.15, 0.2) is 36.4 Å². The molecule has 20 heavy (non-hydrogen) atoms.